The van der Waals surface area contributed by atoms with Gasteiger partial charge in [-0.05, 0) is 56.9 Å². The van der Waals surface area contributed by atoms with Gasteiger partial charge < -0.3 is 25.6 Å². The Labute approximate surface area is 191 Å². The second kappa shape index (κ2) is 9.35. The summed E-state index contributed by atoms with van der Waals surface area (Å²) in [6.45, 7) is 5.04. The third kappa shape index (κ3) is 4.64. The number of amides is 3. The molecule has 8 nitrogen and oxygen atoms in total. The molecule has 176 valence electrons. The number of aliphatic hydroxyl groups excluding tert-OH is 1. The molecule has 0 radical (unpaired) electrons. The number of rotatable bonds is 6. The minimum absolute atomic E-state index is 0.126. The van der Waals surface area contributed by atoms with Gasteiger partial charge in [0, 0.05) is 54.6 Å². The molecule has 3 amide bonds. The first-order valence-corrected chi connectivity index (χ1v) is 11.3. The molecule has 2 aliphatic heterocycles. The van der Waals surface area contributed by atoms with Crippen LogP contribution in [0.4, 0.5) is 4.39 Å². The van der Waals surface area contributed by atoms with Crippen molar-refractivity contribution in [2.75, 3.05) is 19.6 Å². The van der Waals surface area contributed by atoms with Crippen molar-refractivity contribution in [1.29, 1.82) is 0 Å². The Bertz CT molecular complexity index is 1080. The van der Waals surface area contributed by atoms with Gasteiger partial charge in [-0.2, -0.15) is 0 Å². The van der Waals surface area contributed by atoms with Gasteiger partial charge in [0.15, 0.2) is 0 Å². The maximum Gasteiger partial charge on any atom is 0.253 e. The summed E-state index contributed by atoms with van der Waals surface area (Å²) in [5.41, 5.74) is 3.49. The molecule has 3 aliphatic rings. The van der Waals surface area contributed by atoms with Crippen LogP contribution in [0.25, 0.3) is 6.08 Å². The zero-order chi connectivity index (χ0) is 23.7. The Balaban J connectivity index is 1.42. The average molecular weight is 457 g/mol. The minimum Gasteiger partial charge on any atom is -0.383 e. The van der Waals surface area contributed by atoms with E-state index in [1.165, 1.54) is 6.08 Å². The molecule has 1 aliphatic carbocycles. The van der Waals surface area contributed by atoms with E-state index in [1.54, 1.807) is 30.9 Å². The molecule has 0 aromatic carbocycles. The van der Waals surface area contributed by atoms with E-state index in [0.717, 1.165) is 12.8 Å². The first kappa shape index (κ1) is 23.0. The fourth-order valence-corrected chi connectivity index (χ4v) is 4.70. The maximum absolute atomic E-state index is 13.8. The van der Waals surface area contributed by atoms with Gasteiger partial charge in [0.05, 0.1) is 5.56 Å². The van der Waals surface area contributed by atoms with Crippen LogP contribution in [0.2, 0.25) is 0 Å². The van der Waals surface area contributed by atoms with Crippen molar-refractivity contribution in [3.8, 4) is 0 Å². The van der Waals surface area contributed by atoms with Crippen molar-refractivity contribution < 1.29 is 23.9 Å². The Morgan fingerprint density at radius 3 is 2.76 bits per heavy atom. The summed E-state index contributed by atoms with van der Waals surface area (Å²) < 4.78 is 13.8. The van der Waals surface area contributed by atoms with Crippen LogP contribution in [0.1, 0.15) is 53.0 Å². The average Bonchev–Trinajstić information content (AvgIpc) is 3.47. The summed E-state index contributed by atoms with van der Waals surface area (Å²) in [4.78, 5) is 42.2. The zero-order valence-corrected chi connectivity index (χ0v) is 18.8. The molecule has 1 aromatic heterocycles. The smallest absolute Gasteiger partial charge is 0.253 e. The summed E-state index contributed by atoms with van der Waals surface area (Å²) >= 11 is 0. The van der Waals surface area contributed by atoms with E-state index in [2.05, 4.69) is 15.6 Å². The molecule has 4 rings (SSSR count). The highest BCUT2D eigenvalue weighted by Gasteiger charge is 2.35. The lowest BCUT2D eigenvalue weighted by molar-refractivity contribution is -0.139. The van der Waals surface area contributed by atoms with Crippen molar-refractivity contribution in [3.63, 3.8) is 0 Å². The van der Waals surface area contributed by atoms with Gasteiger partial charge in [0.2, 0.25) is 0 Å². The van der Waals surface area contributed by atoms with E-state index in [-0.39, 0.29) is 48.9 Å². The standard InChI is InChI=1S/C24H29FN4O4/c1-13-19(12-17-16-11-15(25)5-6-18(16)28-22(17)31)27-14(2)21(13)23(32)26-8-7-20(30)24(33)29-9-3-4-10-29/h5-6,12,16,20,27,30H,3-4,7-11H2,1-2H3,(H,26,32)(H,28,31)/b17-12-/t16?,20-/m0/s1. The Morgan fingerprint density at radius 2 is 2.03 bits per heavy atom. The number of likely N-dealkylation sites (tertiary alicyclic amines) is 1. The molecule has 2 fully saturated rings. The van der Waals surface area contributed by atoms with Gasteiger partial charge >= 0.3 is 0 Å². The highest BCUT2D eigenvalue weighted by Crippen LogP contribution is 2.36. The number of nitrogens with zero attached hydrogens (tertiary/aromatic N) is 1. The number of hydrogen-bond acceptors (Lipinski definition) is 4. The number of aryl methyl sites for hydroxylation is 1. The van der Waals surface area contributed by atoms with Crippen LogP contribution in [0, 0.1) is 19.8 Å². The maximum atomic E-state index is 13.8. The Kier molecular flexibility index (Phi) is 6.51. The molecule has 1 aromatic rings. The quantitative estimate of drug-likeness (QED) is 0.490. The predicted molar refractivity (Wildman–Crippen MR) is 121 cm³/mol. The van der Waals surface area contributed by atoms with Gasteiger partial charge in [-0.1, -0.05) is 0 Å². The van der Waals surface area contributed by atoms with E-state index >= 15 is 0 Å². The number of carbonyl (C=O) groups is 3. The molecule has 0 bridgehead atoms. The van der Waals surface area contributed by atoms with Crippen LogP contribution in [-0.4, -0.2) is 58.5 Å². The normalized spacial score (nSPS) is 22.1. The van der Waals surface area contributed by atoms with Crippen LogP contribution in [0.3, 0.4) is 0 Å². The Morgan fingerprint density at radius 1 is 1.30 bits per heavy atom. The second-order valence-electron chi connectivity index (χ2n) is 8.80. The molecule has 2 saturated heterocycles. The van der Waals surface area contributed by atoms with Crippen LogP contribution in [0.5, 0.6) is 0 Å². The van der Waals surface area contributed by atoms with Gasteiger partial charge in [0.1, 0.15) is 11.9 Å². The summed E-state index contributed by atoms with van der Waals surface area (Å²) in [7, 11) is 0. The fourth-order valence-electron chi connectivity index (χ4n) is 4.70. The summed E-state index contributed by atoms with van der Waals surface area (Å²) in [6.07, 6.45) is 5.64. The van der Waals surface area contributed by atoms with Gasteiger partial charge in [-0.25, -0.2) is 4.39 Å². The molecule has 0 spiro atoms. The zero-order valence-electron chi connectivity index (χ0n) is 18.8. The largest absolute Gasteiger partial charge is 0.383 e. The van der Waals surface area contributed by atoms with Crippen LogP contribution < -0.4 is 10.6 Å². The minimum atomic E-state index is -1.13. The van der Waals surface area contributed by atoms with E-state index in [9.17, 15) is 23.9 Å². The van der Waals surface area contributed by atoms with Crippen molar-refractivity contribution in [2.45, 2.75) is 45.6 Å². The predicted octanol–water partition coefficient (Wildman–Crippen LogP) is 2.01. The number of halogens is 1. The van der Waals surface area contributed by atoms with E-state index < -0.39 is 6.10 Å². The summed E-state index contributed by atoms with van der Waals surface area (Å²) in [5.74, 6) is -1.53. The van der Waals surface area contributed by atoms with Crippen molar-refractivity contribution in [1.82, 2.24) is 20.5 Å². The van der Waals surface area contributed by atoms with Crippen LogP contribution in [0.15, 0.2) is 29.2 Å². The number of allylic oxidation sites excluding steroid dienone is 4. The third-order valence-corrected chi connectivity index (χ3v) is 6.52. The number of nitrogens with one attached hydrogen (secondary N) is 3. The first-order valence-electron chi connectivity index (χ1n) is 11.3. The van der Waals surface area contributed by atoms with Crippen LogP contribution in [-0.2, 0) is 9.59 Å². The lowest BCUT2D eigenvalue weighted by Gasteiger charge is -2.19. The van der Waals surface area contributed by atoms with Gasteiger partial charge in [-0.3, -0.25) is 14.4 Å². The van der Waals surface area contributed by atoms with E-state index in [4.69, 9.17) is 0 Å². The molecule has 2 atom stereocenters. The second-order valence-corrected chi connectivity index (χ2v) is 8.80. The number of carbonyl (C=O) groups excluding carboxylic acids is 3. The highest BCUT2D eigenvalue weighted by molar-refractivity contribution is 6.04. The summed E-state index contributed by atoms with van der Waals surface area (Å²) in [6, 6.07) is 0. The molecule has 3 heterocycles. The molecule has 4 N–H and O–H groups in total. The topological polar surface area (TPSA) is 115 Å². The molecule has 33 heavy (non-hydrogen) atoms. The molecular formula is C24H29FN4O4. The molecule has 1 unspecified atom stereocenters. The number of aromatic amines is 1. The Hall–Kier alpha value is -3.20. The molecule has 9 heteroatoms. The first-order chi connectivity index (χ1) is 15.8. The van der Waals surface area contributed by atoms with E-state index in [1.807, 2.05) is 0 Å². The lowest BCUT2D eigenvalue weighted by Crippen LogP contribution is -2.39. The van der Waals surface area contributed by atoms with Gasteiger partial charge in [0.25, 0.3) is 17.7 Å². The monoisotopic (exact) mass is 456 g/mol. The van der Waals surface area contributed by atoms with Crippen molar-refractivity contribution in [3.05, 3.63) is 51.8 Å². The number of aromatic nitrogens is 1. The lowest BCUT2D eigenvalue weighted by atomic mass is 9.91. The fraction of sp³-hybridized carbons (Fsp3) is 0.458. The number of H-pyrrole nitrogens is 1. The highest BCUT2D eigenvalue weighted by atomic mass is 19.1. The summed E-state index contributed by atoms with van der Waals surface area (Å²) in [5, 5.41) is 15.7. The number of fused-ring (bicyclic) bond motifs is 1. The number of hydrogen-bond donors (Lipinski definition) is 4. The van der Waals surface area contributed by atoms with E-state index in [0.29, 0.717) is 46.9 Å². The van der Waals surface area contributed by atoms with Crippen LogP contribution >= 0.6 is 0 Å². The number of aliphatic hydroxyl groups is 1. The SMILES string of the molecule is Cc1[nH]c(/C=C2\C(=O)NC3=CC=C(F)CC32)c(C)c1C(=O)NCC[C@H](O)C(=O)N1CCCC1. The van der Waals surface area contributed by atoms with Crippen molar-refractivity contribution in [2.24, 2.45) is 5.92 Å². The third-order valence-electron chi connectivity index (χ3n) is 6.52. The molecular weight excluding hydrogens is 427 g/mol. The van der Waals surface area contributed by atoms with Gasteiger partial charge in [-0.15, -0.1) is 0 Å². The van der Waals surface area contributed by atoms with Crippen molar-refractivity contribution >= 4 is 23.8 Å². The molecule has 0 saturated carbocycles.